The quantitative estimate of drug-likeness (QED) is 0.585. The molecule has 1 aromatic heterocycles. The van der Waals surface area contributed by atoms with Crippen molar-refractivity contribution in [3.63, 3.8) is 0 Å². The summed E-state index contributed by atoms with van der Waals surface area (Å²) in [5.74, 6) is -0.372. The zero-order valence-electron chi connectivity index (χ0n) is 15.4. The van der Waals surface area contributed by atoms with Crippen molar-refractivity contribution in [2.45, 2.75) is 19.9 Å². The number of nitrogens with zero attached hydrogens (tertiary/aromatic N) is 1. The molecule has 0 radical (unpaired) electrons. The molecule has 2 aromatic carbocycles. The highest BCUT2D eigenvalue weighted by molar-refractivity contribution is 5.94. The number of rotatable bonds is 7. The Balaban J connectivity index is 1.79. The molecule has 0 aliphatic carbocycles. The first-order valence-corrected chi connectivity index (χ1v) is 8.93. The minimum Gasteiger partial charge on any atom is -0.501 e. The maximum Gasteiger partial charge on any atom is 0.293 e. The van der Waals surface area contributed by atoms with Crippen LogP contribution in [0.1, 0.15) is 34.4 Å². The van der Waals surface area contributed by atoms with Gasteiger partial charge in [0.1, 0.15) is 11.6 Å². The van der Waals surface area contributed by atoms with Gasteiger partial charge in [0.2, 0.25) is 5.75 Å². The van der Waals surface area contributed by atoms with E-state index in [1.54, 1.807) is 0 Å². The lowest BCUT2D eigenvalue weighted by Crippen LogP contribution is -2.27. The number of carbonyl (C=O) groups excluding carboxylic acids is 1. The summed E-state index contributed by atoms with van der Waals surface area (Å²) < 4.78 is 5.53. The number of aromatic nitrogens is 2. The summed E-state index contributed by atoms with van der Waals surface area (Å²) in [6.07, 6.45) is 0.337. The van der Waals surface area contributed by atoms with E-state index in [2.05, 4.69) is 15.3 Å². The van der Waals surface area contributed by atoms with E-state index in [1.165, 1.54) is 0 Å². The minimum atomic E-state index is -0.749. The van der Waals surface area contributed by atoms with E-state index < -0.39 is 17.2 Å². The summed E-state index contributed by atoms with van der Waals surface area (Å²) in [5, 5.41) is 12.7. The van der Waals surface area contributed by atoms with Gasteiger partial charge in [-0.3, -0.25) is 9.59 Å². The van der Waals surface area contributed by atoms with Crippen molar-refractivity contribution in [1.82, 2.24) is 15.3 Å². The second kappa shape index (κ2) is 8.85. The number of hydrogen-bond donors (Lipinski definition) is 3. The molecule has 0 atom stereocenters. The standard InChI is InChI=1S/C21H21N3O4/c1-2-28-16-11-7-6-10-15(16)13-22-20(26)18-19(25)21(27)24-17(23-18)12-14-8-4-3-5-9-14/h3-11,25H,2,12-13H2,1H3,(H,22,26)(H,23,24,27). The Kier molecular flexibility index (Phi) is 6.06. The molecule has 3 aromatic rings. The number of H-pyrrole nitrogens is 1. The van der Waals surface area contributed by atoms with Gasteiger partial charge in [0.15, 0.2) is 5.69 Å². The van der Waals surface area contributed by atoms with Crippen LogP contribution in [0.3, 0.4) is 0 Å². The van der Waals surface area contributed by atoms with Crippen LogP contribution in [0.5, 0.6) is 11.5 Å². The van der Waals surface area contributed by atoms with Gasteiger partial charge in [0.05, 0.1) is 6.61 Å². The molecule has 7 heteroatoms. The van der Waals surface area contributed by atoms with Crippen LogP contribution in [-0.4, -0.2) is 27.6 Å². The fourth-order valence-corrected chi connectivity index (χ4v) is 2.75. The zero-order valence-corrected chi connectivity index (χ0v) is 15.4. The van der Waals surface area contributed by atoms with Gasteiger partial charge in [0, 0.05) is 18.5 Å². The molecule has 1 amide bonds. The van der Waals surface area contributed by atoms with Crippen LogP contribution in [0, 0.1) is 0 Å². The van der Waals surface area contributed by atoms with E-state index in [0.29, 0.717) is 24.6 Å². The number of carbonyl (C=O) groups is 1. The van der Waals surface area contributed by atoms with E-state index in [1.807, 2.05) is 61.5 Å². The third kappa shape index (κ3) is 4.56. The molecular formula is C21H21N3O4. The van der Waals surface area contributed by atoms with Gasteiger partial charge in [0.25, 0.3) is 11.5 Å². The number of amides is 1. The first-order valence-electron chi connectivity index (χ1n) is 8.93. The molecule has 7 nitrogen and oxygen atoms in total. The third-order valence-corrected chi connectivity index (χ3v) is 4.09. The van der Waals surface area contributed by atoms with Crippen molar-refractivity contribution in [3.8, 4) is 11.5 Å². The summed E-state index contributed by atoms with van der Waals surface area (Å²) in [7, 11) is 0. The molecule has 1 heterocycles. The Labute approximate surface area is 162 Å². The number of hydrogen-bond acceptors (Lipinski definition) is 5. The third-order valence-electron chi connectivity index (χ3n) is 4.09. The highest BCUT2D eigenvalue weighted by Crippen LogP contribution is 2.18. The van der Waals surface area contributed by atoms with Gasteiger partial charge in [-0.05, 0) is 18.6 Å². The minimum absolute atomic E-state index is 0.178. The van der Waals surface area contributed by atoms with Gasteiger partial charge >= 0.3 is 0 Å². The second-order valence-electron chi connectivity index (χ2n) is 6.10. The van der Waals surface area contributed by atoms with E-state index >= 15 is 0 Å². The molecule has 0 unspecified atom stereocenters. The molecule has 0 saturated heterocycles. The molecule has 3 N–H and O–H groups in total. The van der Waals surface area contributed by atoms with Crippen molar-refractivity contribution >= 4 is 5.91 Å². The highest BCUT2D eigenvalue weighted by Gasteiger charge is 2.18. The lowest BCUT2D eigenvalue weighted by molar-refractivity contribution is 0.0941. The Morgan fingerprint density at radius 3 is 2.61 bits per heavy atom. The molecule has 0 saturated carbocycles. The normalized spacial score (nSPS) is 10.5. The van der Waals surface area contributed by atoms with Gasteiger partial charge < -0.3 is 20.1 Å². The van der Waals surface area contributed by atoms with Crippen LogP contribution in [0.4, 0.5) is 0 Å². The summed E-state index contributed by atoms with van der Waals surface area (Å²) >= 11 is 0. The van der Waals surface area contributed by atoms with E-state index in [4.69, 9.17) is 4.74 Å². The summed E-state index contributed by atoms with van der Waals surface area (Å²) in [4.78, 5) is 31.2. The van der Waals surface area contributed by atoms with Crippen LogP contribution >= 0.6 is 0 Å². The van der Waals surface area contributed by atoms with Crippen LogP contribution in [0.15, 0.2) is 59.4 Å². The molecule has 0 aliphatic heterocycles. The number of aromatic amines is 1. The molecule has 0 bridgehead atoms. The predicted octanol–water partition coefficient (Wildman–Crippen LogP) is 2.40. The van der Waals surface area contributed by atoms with Crippen LogP contribution in [0.25, 0.3) is 0 Å². The lowest BCUT2D eigenvalue weighted by Gasteiger charge is -2.11. The highest BCUT2D eigenvalue weighted by atomic mass is 16.5. The maximum atomic E-state index is 12.5. The summed E-state index contributed by atoms with van der Waals surface area (Å²) in [5.41, 5.74) is 0.657. The number of nitrogens with one attached hydrogen (secondary N) is 2. The number of ether oxygens (including phenoxy) is 1. The molecule has 0 fully saturated rings. The molecule has 28 heavy (non-hydrogen) atoms. The summed E-state index contributed by atoms with van der Waals surface area (Å²) in [6.45, 7) is 2.56. The Morgan fingerprint density at radius 1 is 1.14 bits per heavy atom. The lowest BCUT2D eigenvalue weighted by atomic mass is 10.1. The largest absolute Gasteiger partial charge is 0.501 e. The molecule has 3 rings (SSSR count). The van der Waals surface area contributed by atoms with Gasteiger partial charge in [-0.25, -0.2) is 4.98 Å². The molecular weight excluding hydrogens is 358 g/mol. The SMILES string of the molecule is CCOc1ccccc1CNC(=O)c1nc(Cc2ccccc2)[nH]c(=O)c1O. The smallest absolute Gasteiger partial charge is 0.293 e. The van der Waals surface area contributed by atoms with E-state index in [0.717, 1.165) is 11.1 Å². The van der Waals surface area contributed by atoms with Crippen LogP contribution in [-0.2, 0) is 13.0 Å². The maximum absolute atomic E-state index is 12.5. The average molecular weight is 379 g/mol. The van der Waals surface area contributed by atoms with Gasteiger partial charge in [-0.1, -0.05) is 48.5 Å². The molecule has 144 valence electrons. The van der Waals surface area contributed by atoms with Crippen molar-refractivity contribution in [2.24, 2.45) is 0 Å². The average Bonchev–Trinajstić information content (AvgIpc) is 2.70. The van der Waals surface area contributed by atoms with Crippen molar-refractivity contribution in [2.75, 3.05) is 6.61 Å². The first kappa shape index (κ1) is 19.2. The fraction of sp³-hybridized carbons (Fsp3) is 0.190. The monoisotopic (exact) mass is 379 g/mol. The van der Waals surface area contributed by atoms with Gasteiger partial charge in [-0.15, -0.1) is 0 Å². The van der Waals surface area contributed by atoms with Crippen LogP contribution < -0.4 is 15.6 Å². The van der Waals surface area contributed by atoms with Crippen molar-refractivity contribution in [1.29, 1.82) is 0 Å². The van der Waals surface area contributed by atoms with Gasteiger partial charge in [-0.2, -0.15) is 0 Å². The van der Waals surface area contributed by atoms with E-state index in [-0.39, 0.29) is 12.2 Å². The fourth-order valence-electron chi connectivity index (χ4n) is 2.75. The Morgan fingerprint density at radius 2 is 1.86 bits per heavy atom. The van der Waals surface area contributed by atoms with Crippen molar-refractivity contribution < 1.29 is 14.6 Å². The number of aromatic hydroxyl groups is 1. The molecule has 0 spiro atoms. The van der Waals surface area contributed by atoms with Crippen LogP contribution in [0.2, 0.25) is 0 Å². The molecule has 0 aliphatic rings. The Hall–Kier alpha value is -3.61. The Bertz CT molecular complexity index is 1020. The van der Waals surface area contributed by atoms with E-state index in [9.17, 15) is 14.7 Å². The summed E-state index contributed by atoms with van der Waals surface area (Å²) in [6, 6.07) is 16.7. The zero-order chi connectivity index (χ0) is 19.9. The first-order chi connectivity index (χ1) is 13.6. The topological polar surface area (TPSA) is 104 Å². The predicted molar refractivity (Wildman–Crippen MR) is 105 cm³/mol. The number of benzene rings is 2. The number of para-hydroxylation sites is 1. The van der Waals surface area contributed by atoms with Crippen molar-refractivity contribution in [3.05, 3.63) is 87.6 Å². The second-order valence-corrected chi connectivity index (χ2v) is 6.10.